The van der Waals surface area contributed by atoms with Gasteiger partial charge in [-0.1, -0.05) is 16.8 Å². The number of methoxy groups -OCH3 is 1. The number of hydrogen-bond donors (Lipinski definition) is 1. The van der Waals surface area contributed by atoms with E-state index in [9.17, 15) is 21.6 Å². The third-order valence-corrected chi connectivity index (χ3v) is 5.98. The van der Waals surface area contributed by atoms with Crippen molar-refractivity contribution in [1.29, 1.82) is 0 Å². The van der Waals surface area contributed by atoms with E-state index in [4.69, 9.17) is 16.3 Å². The molecule has 32 heavy (non-hydrogen) atoms. The van der Waals surface area contributed by atoms with Crippen molar-refractivity contribution in [3.63, 3.8) is 0 Å². The number of hydrogen-bond acceptors (Lipinski definition) is 7. The van der Waals surface area contributed by atoms with E-state index < -0.39 is 22.1 Å². The number of aromatic nitrogens is 3. The predicted octanol–water partition coefficient (Wildman–Crippen LogP) is 4.77. The summed E-state index contributed by atoms with van der Waals surface area (Å²) in [6.45, 7) is 0. The second-order valence-corrected chi connectivity index (χ2v) is 8.41. The molecule has 0 aliphatic rings. The van der Waals surface area contributed by atoms with Crippen LogP contribution in [-0.4, -0.2) is 30.7 Å². The van der Waals surface area contributed by atoms with Crippen LogP contribution in [0.15, 0.2) is 57.9 Å². The molecule has 0 aliphatic heterocycles. The lowest BCUT2D eigenvalue weighted by atomic mass is 10.2. The molecule has 1 N–H and O–H groups in total. The van der Waals surface area contributed by atoms with Gasteiger partial charge in [-0.05, 0) is 48.5 Å². The standard InChI is InChI=1S/C19H12ClF3N4O4S/c1-30-14-8-7-13-12(6-9-15(20)24-13)16(14)32(28,29)27-11-4-2-10(3-5-11)17-25-18(31-26-17)19(21,22)23/h2-9,27H,1H3. The van der Waals surface area contributed by atoms with Crippen molar-refractivity contribution >= 4 is 38.2 Å². The van der Waals surface area contributed by atoms with Gasteiger partial charge < -0.3 is 9.26 Å². The largest absolute Gasteiger partial charge is 0.495 e. The molecule has 0 atom stereocenters. The predicted molar refractivity (Wildman–Crippen MR) is 109 cm³/mol. The average molecular weight is 485 g/mol. The van der Waals surface area contributed by atoms with Crippen LogP contribution in [0.5, 0.6) is 5.75 Å². The van der Waals surface area contributed by atoms with E-state index in [1.54, 1.807) is 6.07 Å². The summed E-state index contributed by atoms with van der Waals surface area (Å²) in [6, 6.07) is 11.4. The second-order valence-electron chi connectivity index (χ2n) is 6.40. The van der Waals surface area contributed by atoms with Crippen LogP contribution < -0.4 is 9.46 Å². The molecule has 0 spiro atoms. The first-order valence-electron chi connectivity index (χ1n) is 8.76. The molecule has 0 unspecified atom stereocenters. The van der Waals surface area contributed by atoms with E-state index in [1.165, 1.54) is 49.6 Å². The second kappa shape index (κ2) is 7.95. The Morgan fingerprint density at radius 1 is 1.03 bits per heavy atom. The molecule has 0 amide bonds. The van der Waals surface area contributed by atoms with E-state index in [0.29, 0.717) is 10.9 Å². The topological polar surface area (TPSA) is 107 Å². The lowest BCUT2D eigenvalue weighted by Crippen LogP contribution is -2.14. The van der Waals surface area contributed by atoms with E-state index in [-0.39, 0.29) is 32.9 Å². The molecular formula is C19H12ClF3N4O4S. The maximum atomic E-state index is 13.1. The Morgan fingerprint density at radius 3 is 2.38 bits per heavy atom. The van der Waals surface area contributed by atoms with Gasteiger partial charge in [0.2, 0.25) is 5.82 Å². The summed E-state index contributed by atoms with van der Waals surface area (Å²) in [5, 5.41) is 3.78. The molecule has 0 fully saturated rings. The van der Waals surface area contributed by atoms with Gasteiger partial charge in [-0.25, -0.2) is 13.4 Å². The van der Waals surface area contributed by atoms with Crippen molar-refractivity contribution in [2.24, 2.45) is 0 Å². The van der Waals surface area contributed by atoms with Crippen molar-refractivity contribution in [3.05, 3.63) is 59.6 Å². The van der Waals surface area contributed by atoms with Crippen LogP contribution >= 0.6 is 11.6 Å². The van der Waals surface area contributed by atoms with Crippen molar-refractivity contribution in [3.8, 4) is 17.1 Å². The zero-order valence-electron chi connectivity index (χ0n) is 16.0. The first kappa shape index (κ1) is 21.8. The van der Waals surface area contributed by atoms with Crippen LogP contribution in [0.4, 0.5) is 18.9 Å². The molecule has 2 aromatic heterocycles. The lowest BCUT2D eigenvalue weighted by molar-refractivity contribution is -0.159. The number of alkyl halides is 3. The van der Waals surface area contributed by atoms with Crippen LogP contribution in [0.1, 0.15) is 5.89 Å². The number of anilines is 1. The number of fused-ring (bicyclic) bond motifs is 1. The highest BCUT2D eigenvalue weighted by Crippen LogP contribution is 2.34. The summed E-state index contributed by atoms with van der Waals surface area (Å²) < 4.78 is 76.0. The van der Waals surface area contributed by atoms with Gasteiger partial charge in [0.25, 0.3) is 10.0 Å². The zero-order chi connectivity index (χ0) is 23.1. The molecule has 8 nitrogen and oxygen atoms in total. The van der Waals surface area contributed by atoms with Crippen LogP contribution in [0.2, 0.25) is 5.15 Å². The fraction of sp³-hybridized carbons (Fsp3) is 0.105. The number of sulfonamides is 1. The monoisotopic (exact) mass is 484 g/mol. The average Bonchev–Trinajstić information content (AvgIpc) is 3.24. The first-order chi connectivity index (χ1) is 15.1. The molecule has 0 saturated carbocycles. The molecule has 0 aliphatic carbocycles. The Kier molecular flexibility index (Phi) is 5.42. The maximum absolute atomic E-state index is 13.1. The Bertz CT molecular complexity index is 1410. The molecule has 2 aromatic carbocycles. The molecule has 4 rings (SSSR count). The van der Waals surface area contributed by atoms with E-state index >= 15 is 0 Å². The molecular weight excluding hydrogens is 473 g/mol. The summed E-state index contributed by atoms with van der Waals surface area (Å²) in [5.41, 5.74) is 0.703. The molecule has 13 heteroatoms. The fourth-order valence-corrected chi connectivity index (χ4v) is 4.50. The van der Waals surface area contributed by atoms with Crippen molar-refractivity contribution < 1.29 is 30.8 Å². The Balaban J connectivity index is 1.67. The lowest BCUT2D eigenvalue weighted by Gasteiger charge is -2.14. The van der Waals surface area contributed by atoms with Crippen molar-refractivity contribution in [2.75, 3.05) is 11.8 Å². The number of halogens is 4. The number of benzene rings is 2. The van der Waals surface area contributed by atoms with E-state index in [2.05, 4.69) is 24.4 Å². The molecule has 2 heterocycles. The maximum Gasteiger partial charge on any atom is 0.471 e. The quantitative estimate of drug-likeness (QED) is 0.407. The van der Waals surface area contributed by atoms with Crippen LogP contribution in [0, 0.1) is 0 Å². The van der Waals surface area contributed by atoms with Gasteiger partial charge in [-0.2, -0.15) is 18.2 Å². The summed E-state index contributed by atoms with van der Waals surface area (Å²) in [4.78, 5) is 7.26. The van der Waals surface area contributed by atoms with E-state index in [0.717, 1.165) is 0 Å². The highest BCUT2D eigenvalue weighted by Gasteiger charge is 2.38. The number of nitrogens with one attached hydrogen (secondary N) is 1. The normalized spacial score (nSPS) is 12.2. The number of pyridine rings is 1. The molecule has 0 saturated heterocycles. The molecule has 166 valence electrons. The Hall–Kier alpha value is -3.38. The summed E-state index contributed by atoms with van der Waals surface area (Å²) in [7, 11) is -2.81. The van der Waals surface area contributed by atoms with Gasteiger partial charge in [0.05, 0.1) is 12.6 Å². The minimum Gasteiger partial charge on any atom is -0.495 e. The third-order valence-electron chi connectivity index (χ3n) is 4.30. The summed E-state index contributed by atoms with van der Waals surface area (Å²) in [5.74, 6) is -1.67. The smallest absolute Gasteiger partial charge is 0.471 e. The van der Waals surface area contributed by atoms with Gasteiger partial charge in [0.15, 0.2) is 0 Å². The minimum absolute atomic E-state index is 0.0946. The van der Waals surface area contributed by atoms with Gasteiger partial charge in [0, 0.05) is 16.6 Å². The number of nitrogens with zero attached hydrogens (tertiary/aromatic N) is 3. The third kappa shape index (κ3) is 4.18. The van der Waals surface area contributed by atoms with Crippen LogP contribution in [-0.2, 0) is 16.2 Å². The van der Waals surface area contributed by atoms with Crippen LogP contribution in [0.25, 0.3) is 22.3 Å². The highest BCUT2D eigenvalue weighted by atomic mass is 35.5. The molecule has 0 bridgehead atoms. The summed E-state index contributed by atoms with van der Waals surface area (Å²) >= 11 is 5.89. The minimum atomic E-state index is -4.77. The van der Waals surface area contributed by atoms with Gasteiger partial charge in [0.1, 0.15) is 15.8 Å². The van der Waals surface area contributed by atoms with Gasteiger partial charge in [-0.15, -0.1) is 0 Å². The van der Waals surface area contributed by atoms with Crippen LogP contribution in [0.3, 0.4) is 0 Å². The SMILES string of the molecule is COc1ccc2nc(Cl)ccc2c1S(=O)(=O)Nc1ccc(-c2noc(C(F)(F)F)n2)cc1. The molecule has 4 aromatic rings. The zero-order valence-corrected chi connectivity index (χ0v) is 17.6. The molecule has 0 radical (unpaired) electrons. The van der Waals surface area contributed by atoms with Crippen molar-refractivity contribution in [1.82, 2.24) is 15.1 Å². The summed E-state index contributed by atoms with van der Waals surface area (Å²) in [6.07, 6.45) is -4.77. The van der Waals surface area contributed by atoms with Gasteiger partial charge >= 0.3 is 12.1 Å². The Morgan fingerprint density at radius 2 is 1.75 bits per heavy atom. The van der Waals surface area contributed by atoms with E-state index in [1.807, 2.05) is 0 Å². The fourth-order valence-electron chi connectivity index (χ4n) is 2.92. The van der Waals surface area contributed by atoms with Crippen molar-refractivity contribution in [2.45, 2.75) is 11.1 Å². The first-order valence-corrected chi connectivity index (χ1v) is 10.6. The Labute approximate surface area is 184 Å². The number of rotatable bonds is 5. The number of ether oxygens (including phenoxy) is 1. The highest BCUT2D eigenvalue weighted by molar-refractivity contribution is 7.93. The van der Waals surface area contributed by atoms with Gasteiger partial charge in [-0.3, -0.25) is 4.72 Å².